The van der Waals surface area contributed by atoms with Gasteiger partial charge in [-0.3, -0.25) is 0 Å². The highest BCUT2D eigenvalue weighted by atomic mass is 16.5. The van der Waals surface area contributed by atoms with E-state index in [9.17, 15) is 0 Å². The van der Waals surface area contributed by atoms with E-state index in [2.05, 4.69) is 16.4 Å². The molecule has 2 unspecified atom stereocenters. The molecule has 2 aliphatic rings. The summed E-state index contributed by atoms with van der Waals surface area (Å²) in [5.41, 5.74) is 0. The maximum Gasteiger partial charge on any atom is 0.211 e. The third kappa shape index (κ3) is 0.913. The van der Waals surface area contributed by atoms with Gasteiger partial charge in [-0.15, -0.1) is 0 Å². The number of rotatable bonds is 1. The van der Waals surface area contributed by atoms with E-state index in [1.54, 1.807) is 12.1 Å². The molecule has 0 aromatic carbocycles. The molecule has 0 spiro atoms. The van der Waals surface area contributed by atoms with Gasteiger partial charge >= 0.3 is 0 Å². The Balaban J connectivity index is 2.26. The van der Waals surface area contributed by atoms with E-state index >= 15 is 0 Å². The minimum absolute atomic E-state index is 0.222. The molecule has 12 heavy (non-hydrogen) atoms. The lowest BCUT2D eigenvalue weighted by atomic mass is 10.1. The van der Waals surface area contributed by atoms with Crippen molar-refractivity contribution in [3.05, 3.63) is 24.1 Å². The first-order valence-electron chi connectivity index (χ1n) is 3.95. The molecule has 0 aromatic heterocycles. The van der Waals surface area contributed by atoms with Gasteiger partial charge in [-0.05, 0) is 13.0 Å². The lowest BCUT2D eigenvalue weighted by Gasteiger charge is -2.24. The maximum absolute atomic E-state index is 5.14. The van der Waals surface area contributed by atoms with E-state index < -0.39 is 0 Å². The van der Waals surface area contributed by atoms with E-state index in [-0.39, 0.29) is 12.1 Å². The van der Waals surface area contributed by atoms with E-state index in [0.29, 0.717) is 0 Å². The molecule has 2 atom stereocenters. The molecular weight excluding hydrogens is 154 g/mol. The average Bonchev–Trinajstić information content (AvgIpc) is 2.48. The monoisotopic (exact) mass is 165 g/mol. The molecule has 4 nitrogen and oxygen atoms in total. The minimum Gasteiger partial charge on any atom is -0.481 e. The van der Waals surface area contributed by atoms with Crippen LogP contribution in [0, 0.1) is 0 Å². The maximum atomic E-state index is 5.14. The molecule has 0 aromatic rings. The second-order valence-corrected chi connectivity index (χ2v) is 2.87. The molecule has 64 valence electrons. The SMILES string of the molecule is COC1=CC=CC2C(C)N=NN12. The highest BCUT2D eigenvalue weighted by Gasteiger charge is 2.31. The molecule has 0 fully saturated rings. The van der Waals surface area contributed by atoms with E-state index in [1.165, 1.54) is 0 Å². The minimum atomic E-state index is 0.222. The molecule has 2 rings (SSSR count). The van der Waals surface area contributed by atoms with Crippen molar-refractivity contribution >= 4 is 0 Å². The Kier molecular flexibility index (Phi) is 1.60. The Labute approximate surface area is 71.2 Å². The third-order valence-electron chi connectivity index (χ3n) is 2.09. The zero-order chi connectivity index (χ0) is 8.55. The molecule has 0 amide bonds. The van der Waals surface area contributed by atoms with Gasteiger partial charge < -0.3 is 4.74 Å². The van der Waals surface area contributed by atoms with Gasteiger partial charge in [-0.2, -0.15) is 5.11 Å². The van der Waals surface area contributed by atoms with E-state index in [4.69, 9.17) is 4.74 Å². The molecular formula is C8H11N3O. The van der Waals surface area contributed by atoms with Crippen LogP contribution in [0.2, 0.25) is 0 Å². The van der Waals surface area contributed by atoms with Crippen molar-refractivity contribution in [2.75, 3.05) is 7.11 Å². The number of ether oxygens (including phenoxy) is 1. The Hall–Kier alpha value is -1.32. The van der Waals surface area contributed by atoms with Gasteiger partial charge in [0.2, 0.25) is 5.88 Å². The van der Waals surface area contributed by atoms with Gasteiger partial charge in [0.05, 0.1) is 19.2 Å². The van der Waals surface area contributed by atoms with Gasteiger partial charge in [-0.1, -0.05) is 17.4 Å². The van der Waals surface area contributed by atoms with Crippen LogP contribution in [0.15, 0.2) is 34.4 Å². The van der Waals surface area contributed by atoms with Crippen LogP contribution in [-0.4, -0.2) is 24.2 Å². The van der Waals surface area contributed by atoms with E-state index in [0.717, 1.165) is 5.88 Å². The predicted octanol–water partition coefficient (Wildman–Crippen LogP) is 1.48. The molecule has 2 aliphatic heterocycles. The molecule has 0 radical (unpaired) electrons. The molecule has 0 bridgehead atoms. The Morgan fingerprint density at radius 2 is 2.42 bits per heavy atom. The van der Waals surface area contributed by atoms with Crippen LogP contribution < -0.4 is 0 Å². The van der Waals surface area contributed by atoms with Gasteiger partial charge in [0.15, 0.2) is 0 Å². The number of methoxy groups -OCH3 is 1. The van der Waals surface area contributed by atoms with Crippen molar-refractivity contribution in [2.24, 2.45) is 10.3 Å². The number of nitrogens with zero attached hydrogens (tertiary/aromatic N) is 3. The van der Waals surface area contributed by atoms with Crippen LogP contribution >= 0.6 is 0 Å². The molecule has 0 saturated heterocycles. The first-order chi connectivity index (χ1) is 5.83. The van der Waals surface area contributed by atoms with Crippen molar-refractivity contribution in [1.29, 1.82) is 0 Å². The fourth-order valence-electron chi connectivity index (χ4n) is 1.39. The van der Waals surface area contributed by atoms with Crippen molar-refractivity contribution in [1.82, 2.24) is 5.01 Å². The first-order valence-corrected chi connectivity index (χ1v) is 3.95. The quantitative estimate of drug-likeness (QED) is 0.590. The Morgan fingerprint density at radius 1 is 1.58 bits per heavy atom. The summed E-state index contributed by atoms with van der Waals surface area (Å²) in [6, 6.07) is 0.463. The average molecular weight is 165 g/mol. The normalized spacial score (nSPS) is 31.8. The molecule has 0 saturated carbocycles. The fraction of sp³-hybridized carbons (Fsp3) is 0.500. The van der Waals surface area contributed by atoms with E-state index in [1.807, 2.05) is 19.1 Å². The predicted molar refractivity (Wildman–Crippen MR) is 44.2 cm³/mol. The standard InChI is InChI=1S/C8H11N3O/c1-6-7-4-3-5-8(12-2)11(7)10-9-6/h3-7H,1-2H3. The molecule has 0 N–H and O–H groups in total. The molecule has 4 heteroatoms. The lowest BCUT2D eigenvalue weighted by molar-refractivity contribution is 0.141. The summed E-state index contributed by atoms with van der Waals surface area (Å²) in [5, 5.41) is 9.86. The lowest BCUT2D eigenvalue weighted by Crippen LogP contribution is -2.33. The number of fused-ring (bicyclic) bond motifs is 1. The van der Waals surface area contributed by atoms with Crippen LogP contribution in [0.1, 0.15) is 6.92 Å². The van der Waals surface area contributed by atoms with Crippen molar-refractivity contribution < 1.29 is 4.74 Å². The first kappa shape index (κ1) is 7.34. The zero-order valence-electron chi connectivity index (χ0n) is 7.14. The second kappa shape index (κ2) is 2.62. The molecule has 2 heterocycles. The number of hydrogen-bond acceptors (Lipinski definition) is 4. The number of hydrogen-bond donors (Lipinski definition) is 0. The highest BCUT2D eigenvalue weighted by Crippen LogP contribution is 2.26. The third-order valence-corrected chi connectivity index (χ3v) is 2.09. The van der Waals surface area contributed by atoms with Gasteiger partial charge in [0, 0.05) is 0 Å². The van der Waals surface area contributed by atoms with Crippen LogP contribution in [0.4, 0.5) is 0 Å². The highest BCUT2D eigenvalue weighted by molar-refractivity contribution is 5.19. The second-order valence-electron chi connectivity index (χ2n) is 2.87. The number of allylic oxidation sites excluding steroid dienone is 2. The summed E-state index contributed by atoms with van der Waals surface area (Å²) < 4.78 is 5.14. The van der Waals surface area contributed by atoms with Crippen molar-refractivity contribution in [2.45, 2.75) is 19.0 Å². The topological polar surface area (TPSA) is 37.2 Å². The summed E-state index contributed by atoms with van der Waals surface area (Å²) in [4.78, 5) is 0. The van der Waals surface area contributed by atoms with Crippen LogP contribution in [0.25, 0.3) is 0 Å². The van der Waals surface area contributed by atoms with Crippen LogP contribution in [-0.2, 0) is 4.74 Å². The summed E-state index contributed by atoms with van der Waals surface area (Å²) in [6.45, 7) is 2.04. The summed E-state index contributed by atoms with van der Waals surface area (Å²) in [6.07, 6.45) is 5.94. The summed E-state index contributed by atoms with van der Waals surface area (Å²) in [5.74, 6) is 0.760. The van der Waals surface area contributed by atoms with Gasteiger partial charge in [0.25, 0.3) is 0 Å². The van der Waals surface area contributed by atoms with Crippen molar-refractivity contribution in [3.63, 3.8) is 0 Å². The van der Waals surface area contributed by atoms with Gasteiger partial charge in [-0.25, -0.2) is 5.01 Å². The van der Waals surface area contributed by atoms with Crippen molar-refractivity contribution in [3.8, 4) is 0 Å². The van der Waals surface area contributed by atoms with Crippen LogP contribution in [0.5, 0.6) is 0 Å². The zero-order valence-corrected chi connectivity index (χ0v) is 7.14. The van der Waals surface area contributed by atoms with Gasteiger partial charge in [0.1, 0.15) is 0 Å². The largest absolute Gasteiger partial charge is 0.481 e. The Morgan fingerprint density at radius 3 is 3.17 bits per heavy atom. The fourth-order valence-corrected chi connectivity index (χ4v) is 1.39. The smallest absolute Gasteiger partial charge is 0.211 e. The summed E-state index contributed by atoms with van der Waals surface area (Å²) >= 11 is 0. The summed E-state index contributed by atoms with van der Waals surface area (Å²) in [7, 11) is 1.64. The molecule has 0 aliphatic carbocycles. The van der Waals surface area contributed by atoms with Crippen LogP contribution in [0.3, 0.4) is 0 Å². The Bertz CT molecular complexity index is 269.